The summed E-state index contributed by atoms with van der Waals surface area (Å²) in [6.07, 6.45) is 1.34. The van der Waals surface area contributed by atoms with Crippen LogP contribution in [0, 0.1) is 12.7 Å². The molecule has 5 nitrogen and oxygen atoms in total. The van der Waals surface area contributed by atoms with E-state index in [2.05, 4.69) is 15.0 Å². The molecule has 2 heterocycles. The number of hydrogen-bond donors (Lipinski definition) is 1. The smallest absolute Gasteiger partial charge is 0.241 e. The van der Waals surface area contributed by atoms with E-state index in [9.17, 15) is 9.50 Å². The van der Waals surface area contributed by atoms with Gasteiger partial charge in [-0.05, 0) is 31.4 Å². The molecule has 6 heteroatoms. The van der Waals surface area contributed by atoms with Crippen molar-refractivity contribution in [2.75, 3.05) is 13.1 Å². The standard InChI is InChI=1S/C15H18FN3O2/c1-10-2-3-11(8-13(10)16)15-17-14(21-18-15)9-19-6-4-12(20)5-7-19/h2-3,8,12,20H,4-7,9H2,1H3. The van der Waals surface area contributed by atoms with E-state index in [1.807, 2.05) is 0 Å². The zero-order valence-electron chi connectivity index (χ0n) is 11.9. The molecular weight excluding hydrogens is 273 g/mol. The van der Waals surface area contributed by atoms with Crippen molar-refractivity contribution in [3.63, 3.8) is 0 Å². The number of aryl methyl sites for hydroxylation is 1. The molecule has 0 amide bonds. The minimum Gasteiger partial charge on any atom is -0.393 e. The van der Waals surface area contributed by atoms with Crippen molar-refractivity contribution < 1.29 is 14.0 Å². The minimum atomic E-state index is -0.274. The van der Waals surface area contributed by atoms with Crippen molar-refractivity contribution in [2.24, 2.45) is 0 Å². The average molecular weight is 291 g/mol. The van der Waals surface area contributed by atoms with Crippen LogP contribution in [0.2, 0.25) is 0 Å². The van der Waals surface area contributed by atoms with Crippen molar-refractivity contribution in [1.82, 2.24) is 15.0 Å². The second-order valence-electron chi connectivity index (χ2n) is 5.48. The molecule has 1 fully saturated rings. The number of aliphatic hydroxyl groups is 1. The minimum absolute atomic E-state index is 0.199. The molecule has 1 N–H and O–H groups in total. The summed E-state index contributed by atoms with van der Waals surface area (Å²) < 4.78 is 18.8. The van der Waals surface area contributed by atoms with Crippen LogP contribution in [-0.4, -0.2) is 39.3 Å². The Kier molecular flexibility index (Phi) is 3.98. The van der Waals surface area contributed by atoms with E-state index in [0.717, 1.165) is 25.9 Å². The summed E-state index contributed by atoms with van der Waals surface area (Å²) in [7, 11) is 0. The van der Waals surface area contributed by atoms with Gasteiger partial charge in [-0.3, -0.25) is 4.90 Å². The molecule has 1 saturated heterocycles. The summed E-state index contributed by atoms with van der Waals surface area (Å²) in [5.74, 6) is 0.646. The maximum atomic E-state index is 13.6. The van der Waals surface area contributed by atoms with Crippen LogP contribution < -0.4 is 0 Å². The Hall–Kier alpha value is -1.79. The zero-order valence-corrected chi connectivity index (χ0v) is 11.9. The Balaban J connectivity index is 1.69. The number of benzene rings is 1. The molecule has 0 bridgehead atoms. The molecule has 1 aliphatic rings. The molecule has 1 aliphatic heterocycles. The lowest BCUT2D eigenvalue weighted by Gasteiger charge is -2.27. The van der Waals surface area contributed by atoms with E-state index >= 15 is 0 Å². The lowest BCUT2D eigenvalue weighted by Crippen LogP contribution is -2.35. The van der Waals surface area contributed by atoms with Gasteiger partial charge in [0.2, 0.25) is 11.7 Å². The third-order valence-corrected chi connectivity index (χ3v) is 3.81. The first-order valence-electron chi connectivity index (χ1n) is 7.11. The van der Waals surface area contributed by atoms with Gasteiger partial charge in [-0.1, -0.05) is 17.3 Å². The molecule has 0 spiro atoms. The topological polar surface area (TPSA) is 62.4 Å². The summed E-state index contributed by atoms with van der Waals surface area (Å²) in [6.45, 7) is 3.91. The van der Waals surface area contributed by atoms with Gasteiger partial charge in [0.25, 0.3) is 0 Å². The Labute approximate surface area is 122 Å². The molecule has 2 aromatic rings. The fourth-order valence-corrected chi connectivity index (χ4v) is 2.44. The lowest BCUT2D eigenvalue weighted by atomic mass is 10.1. The Morgan fingerprint density at radius 2 is 2.14 bits per heavy atom. The summed E-state index contributed by atoms with van der Waals surface area (Å²) in [6, 6.07) is 4.90. The molecule has 1 aromatic carbocycles. The molecule has 0 radical (unpaired) electrons. The summed E-state index contributed by atoms with van der Waals surface area (Å²) >= 11 is 0. The van der Waals surface area contributed by atoms with Gasteiger partial charge in [0, 0.05) is 18.7 Å². The second-order valence-corrected chi connectivity index (χ2v) is 5.48. The van der Waals surface area contributed by atoms with Gasteiger partial charge in [-0.2, -0.15) is 4.98 Å². The third kappa shape index (κ3) is 3.28. The highest BCUT2D eigenvalue weighted by atomic mass is 19.1. The predicted molar refractivity (Wildman–Crippen MR) is 74.9 cm³/mol. The number of likely N-dealkylation sites (tertiary alicyclic amines) is 1. The van der Waals surface area contributed by atoms with E-state index < -0.39 is 0 Å². The van der Waals surface area contributed by atoms with Gasteiger partial charge in [0.1, 0.15) is 5.82 Å². The molecule has 0 aliphatic carbocycles. The molecule has 1 aromatic heterocycles. The largest absolute Gasteiger partial charge is 0.393 e. The number of aromatic nitrogens is 2. The highest BCUT2D eigenvalue weighted by Gasteiger charge is 2.19. The summed E-state index contributed by atoms with van der Waals surface area (Å²) in [5.41, 5.74) is 1.21. The van der Waals surface area contributed by atoms with Gasteiger partial charge in [-0.25, -0.2) is 4.39 Å². The molecule has 0 atom stereocenters. The van der Waals surface area contributed by atoms with Gasteiger partial charge in [-0.15, -0.1) is 0 Å². The highest BCUT2D eigenvalue weighted by molar-refractivity contribution is 5.54. The van der Waals surface area contributed by atoms with Gasteiger partial charge < -0.3 is 9.63 Å². The van der Waals surface area contributed by atoms with Crippen LogP contribution >= 0.6 is 0 Å². The Morgan fingerprint density at radius 1 is 1.38 bits per heavy atom. The number of halogens is 1. The van der Waals surface area contributed by atoms with Crippen LogP contribution in [0.1, 0.15) is 24.3 Å². The fraction of sp³-hybridized carbons (Fsp3) is 0.467. The van der Waals surface area contributed by atoms with E-state index in [1.54, 1.807) is 19.1 Å². The van der Waals surface area contributed by atoms with Crippen molar-refractivity contribution in [2.45, 2.75) is 32.4 Å². The monoisotopic (exact) mass is 291 g/mol. The van der Waals surface area contributed by atoms with Crippen LogP contribution in [0.15, 0.2) is 22.7 Å². The highest BCUT2D eigenvalue weighted by Crippen LogP contribution is 2.20. The fourth-order valence-electron chi connectivity index (χ4n) is 2.44. The zero-order chi connectivity index (χ0) is 14.8. The molecule has 112 valence electrons. The van der Waals surface area contributed by atoms with Crippen molar-refractivity contribution >= 4 is 0 Å². The first kappa shape index (κ1) is 14.2. The third-order valence-electron chi connectivity index (χ3n) is 3.81. The molecule has 0 unspecified atom stereocenters. The van der Waals surface area contributed by atoms with Crippen LogP contribution in [-0.2, 0) is 6.54 Å². The molecule has 3 rings (SSSR count). The Bertz CT molecular complexity index is 621. The van der Waals surface area contributed by atoms with Gasteiger partial charge in [0.15, 0.2) is 0 Å². The molecule has 0 saturated carbocycles. The van der Waals surface area contributed by atoms with E-state index in [-0.39, 0.29) is 11.9 Å². The van der Waals surface area contributed by atoms with Crippen molar-refractivity contribution in [1.29, 1.82) is 0 Å². The second kappa shape index (κ2) is 5.91. The number of aliphatic hydroxyl groups excluding tert-OH is 1. The van der Waals surface area contributed by atoms with Crippen LogP contribution in [0.25, 0.3) is 11.4 Å². The van der Waals surface area contributed by atoms with E-state index in [1.165, 1.54) is 6.07 Å². The lowest BCUT2D eigenvalue weighted by molar-refractivity contribution is 0.0740. The quantitative estimate of drug-likeness (QED) is 0.938. The van der Waals surface area contributed by atoms with Crippen LogP contribution in [0.5, 0.6) is 0 Å². The maximum Gasteiger partial charge on any atom is 0.241 e. The SMILES string of the molecule is Cc1ccc(-c2noc(CN3CCC(O)CC3)n2)cc1F. The van der Waals surface area contributed by atoms with Gasteiger partial charge in [0.05, 0.1) is 12.6 Å². The number of rotatable bonds is 3. The summed E-state index contributed by atoms with van der Waals surface area (Å²) in [5, 5.41) is 13.4. The first-order valence-corrected chi connectivity index (χ1v) is 7.11. The predicted octanol–water partition coefficient (Wildman–Crippen LogP) is 2.14. The van der Waals surface area contributed by atoms with E-state index in [0.29, 0.717) is 29.4 Å². The van der Waals surface area contributed by atoms with Crippen molar-refractivity contribution in [3.05, 3.63) is 35.5 Å². The van der Waals surface area contributed by atoms with Crippen LogP contribution in [0.3, 0.4) is 0 Å². The molecule has 21 heavy (non-hydrogen) atoms. The maximum absolute atomic E-state index is 13.6. The number of hydrogen-bond acceptors (Lipinski definition) is 5. The molecular formula is C15H18FN3O2. The number of nitrogens with zero attached hydrogens (tertiary/aromatic N) is 3. The van der Waals surface area contributed by atoms with Crippen LogP contribution in [0.4, 0.5) is 4.39 Å². The average Bonchev–Trinajstić information content (AvgIpc) is 2.93. The Morgan fingerprint density at radius 3 is 2.86 bits per heavy atom. The first-order chi connectivity index (χ1) is 10.1. The normalized spacial score (nSPS) is 17.3. The number of piperidine rings is 1. The van der Waals surface area contributed by atoms with Gasteiger partial charge >= 0.3 is 0 Å². The van der Waals surface area contributed by atoms with E-state index in [4.69, 9.17) is 4.52 Å². The van der Waals surface area contributed by atoms with Crippen molar-refractivity contribution in [3.8, 4) is 11.4 Å². The summed E-state index contributed by atoms with van der Waals surface area (Å²) in [4.78, 5) is 6.48.